The minimum Gasteiger partial charge on any atom is -0.351 e. The number of rotatable bonds is 3. The van der Waals surface area contributed by atoms with Crippen LogP contribution < -0.4 is 5.32 Å². The van der Waals surface area contributed by atoms with Gasteiger partial charge in [0.05, 0.1) is 11.1 Å². The molecular formula is C14H15BrF3NOS. The lowest BCUT2D eigenvalue weighted by atomic mass is 10.1. The zero-order valence-corrected chi connectivity index (χ0v) is 13.6. The van der Waals surface area contributed by atoms with Crippen molar-refractivity contribution in [3.05, 3.63) is 33.8 Å². The van der Waals surface area contributed by atoms with E-state index in [9.17, 15) is 18.0 Å². The first-order chi connectivity index (χ1) is 9.88. The van der Waals surface area contributed by atoms with Gasteiger partial charge in [-0.3, -0.25) is 4.79 Å². The van der Waals surface area contributed by atoms with Crippen molar-refractivity contribution in [2.24, 2.45) is 0 Å². The molecule has 0 aromatic heterocycles. The lowest BCUT2D eigenvalue weighted by Crippen LogP contribution is -2.32. The SMILES string of the molecule is O=C(NCC1CCCCS1)c1cc(C(F)(F)F)ccc1Br. The van der Waals surface area contributed by atoms with E-state index in [0.717, 1.165) is 30.7 Å². The van der Waals surface area contributed by atoms with Crippen LogP contribution in [0.3, 0.4) is 0 Å². The monoisotopic (exact) mass is 381 g/mol. The van der Waals surface area contributed by atoms with E-state index in [4.69, 9.17) is 0 Å². The summed E-state index contributed by atoms with van der Waals surface area (Å²) in [5.74, 6) is 0.604. The van der Waals surface area contributed by atoms with E-state index in [0.29, 0.717) is 16.3 Å². The molecule has 1 aliphatic rings. The maximum Gasteiger partial charge on any atom is 0.416 e. The van der Waals surface area contributed by atoms with Crippen molar-refractivity contribution in [1.29, 1.82) is 0 Å². The van der Waals surface area contributed by atoms with Gasteiger partial charge in [-0.05, 0) is 52.7 Å². The van der Waals surface area contributed by atoms with E-state index >= 15 is 0 Å². The lowest BCUT2D eigenvalue weighted by molar-refractivity contribution is -0.137. The summed E-state index contributed by atoms with van der Waals surface area (Å²) in [6, 6.07) is 3.10. The summed E-state index contributed by atoms with van der Waals surface area (Å²) >= 11 is 4.94. The first-order valence-corrected chi connectivity index (χ1v) is 8.48. The lowest BCUT2D eigenvalue weighted by Gasteiger charge is -2.21. The zero-order chi connectivity index (χ0) is 15.5. The number of nitrogens with one attached hydrogen (secondary N) is 1. The maximum atomic E-state index is 12.7. The molecule has 1 aromatic rings. The number of carbonyl (C=O) groups is 1. The molecule has 1 fully saturated rings. The first kappa shape index (κ1) is 16.7. The fourth-order valence-electron chi connectivity index (χ4n) is 2.15. The molecule has 0 bridgehead atoms. The average Bonchev–Trinajstić information content (AvgIpc) is 2.45. The van der Waals surface area contributed by atoms with Gasteiger partial charge in [0.2, 0.25) is 0 Å². The van der Waals surface area contributed by atoms with Crippen LogP contribution in [-0.4, -0.2) is 23.5 Å². The summed E-state index contributed by atoms with van der Waals surface area (Å²) in [6.45, 7) is 0.492. The molecule has 2 rings (SSSR count). The summed E-state index contributed by atoms with van der Waals surface area (Å²) in [4.78, 5) is 12.1. The third kappa shape index (κ3) is 4.64. The zero-order valence-electron chi connectivity index (χ0n) is 11.2. The molecule has 1 unspecified atom stereocenters. The molecule has 1 heterocycles. The molecule has 1 atom stereocenters. The van der Waals surface area contributed by atoms with Crippen LogP contribution >= 0.6 is 27.7 Å². The van der Waals surface area contributed by atoms with Gasteiger partial charge in [-0.1, -0.05) is 6.42 Å². The molecule has 2 nitrogen and oxygen atoms in total. The van der Waals surface area contributed by atoms with Crippen LogP contribution in [0.1, 0.15) is 35.2 Å². The molecule has 1 amide bonds. The smallest absolute Gasteiger partial charge is 0.351 e. The average molecular weight is 382 g/mol. The predicted molar refractivity (Wildman–Crippen MR) is 81.6 cm³/mol. The van der Waals surface area contributed by atoms with Crippen LogP contribution in [0.5, 0.6) is 0 Å². The number of carbonyl (C=O) groups excluding carboxylic acids is 1. The number of alkyl halides is 3. The van der Waals surface area contributed by atoms with E-state index in [1.54, 1.807) is 11.8 Å². The topological polar surface area (TPSA) is 29.1 Å². The normalized spacial score (nSPS) is 19.3. The van der Waals surface area contributed by atoms with Gasteiger partial charge in [0.15, 0.2) is 0 Å². The fourth-order valence-corrected chi connectivity index (χ4v) is 3.81. The summed E-state index contributed by atoms with van der Waals surface area (Å²) in [5, 5.41) is 3.09. The van der Waals surface area contributed by atoms with Gasteiger partial charge in [-0.25, -0.2) is 0 Å². The quantitative estimate of drug-likeness (QED) is 0.835. The minimum absolute atomic E-state index is 0.0191. The molecule has 7 heteroatoms. The van der Waals surface area contributed by atoms with Crippen molar-refractivity contribution >= 4 is 33.6 Å². The first-order valence-electron chi connectivity index (χ1n) is 6.64. The van der Waals surface area contributed by atoms with E-state index in [2.05, 4.69) is 21.2 Å². The Bertz CT molecular complexity index is 515. The summed E-state index contributed by atoms with van der Waals surface area (Å²) in [7, 11) is 0. The molecule has 0 saturated carbocycles. The number of hydrogen-bond donors (Lipinski definition) is 1. The molecule has 0 aliphatic carbocycles. The van der Waals surface area contributed by atoms with E-state index in [1.807, 2.05) is 0 Å². The standard InChI is InChI=1S/C14H15BrF3NOS/c15-12-5-4-9(14(16,17)18)7-11(12)13(20)19-8-10-3-1-2-6-21-10/h4-5,7,10H,1-3,6,8H2,(H,19,20). The Labute approximate surface area is 134 Å². The Hall–Kier alpha value is -0.690. The van der Waals surface area contributed by atoms with Crippen molar-refractivity contribution < 1.29 is 18.0 Å². The highest BCUT2D eigenvalue weighted by Crippen LogP contribution is 2.32. The third-order valence-corrected chi connectivity index (χ3v) is 5.39. The van der Waals surface area contributed by atoms with Gasteiger partial charge in [-0.2, -0.15) is 24.9 Å². The minimum atomic E-state index is -4.45. The fraction of sp³-hybridized carbons (Fsp3) is 0.500. The number of thioether (sulfide) groups is 1. The van der Waals surface area contributed by atoms with Crippen LogP contribution in [0.2, 0.25) is 0 Å². The van der Waals surface area contributed by atoms with Crippen LogP contribution in [-0.2, 0) is 6.18 Å². The molecule has 1 N–H and O–H groups in total. The van der Waals surface area contributed by atoms with Crippen LogP contribution in [0.15, 0.2) is 22.7 Å². The van der Waals surface area contributed by atoms with Crippen LogP contribution in [0, 0.1) is 0 Å². The number of amides is 1. The molecule has 0 spiro atoms. The molecule has 21 heavy (non-hydrogen) atoms. The van der Waals surface area contributed by atoms with Crippen molar-refractivity contribution in [1.82, 2.24) is 5.32 Å². The van der Waals surface area contributed by atoms with Crippen LogP contribution in [0.25, 0.3) is 0 Å². The number of hydrogen-bond acceptors (Lipinski definition) is 2. The van der Waals surface area contributed by atoms with Gasteiger partial charge < -0.3 is 5.32 Å². The van der Waals surface area contributed by atoms with E-state index < -0.39 is 17.6 Å². The van der Waals surface area contributed by atoms with Crippen molar-refractivity contribution in [2.45, 2.75) is 30.7 Å². The Morgan fingerprint density at radius 3 is 2.76 bits per heavy atom. The van der Waals surface area contributed by atoms with Crippen molar-refractivity contribution in [3.63, 3.8) is 0 Å². The summed E-state index contributed by atoms with van der Waals surface area (Å²) in [6.07, 6.45) is -1.08. The van der Waals surface area contributed by atoms with Gasteiger partial charge in [0.25, 0.3) is 5.91 Å². The van der Waals surface area contributed by atoms with Gasteiger partial charge >= 0.3 is 6.18 Å². The molecule has 1 aliphatic heterocycles. The van der Waals surface area contributed by atoms with Crippen LogP contribution in [0.4, 0.5) is 13.2 Å². The molecule has 1 aromatic carbocycles. The van der Waals surface area contributed by atoms with Gasteiger partial charge in [0.1, 0.15) is 0 Å². The number of benzene rings is 1. The Kier molecular flexibility index (Phi) is 5.60. The Morgan fingerprint density at radius 1 is 1.38 bits per heavy atom. The highest BCUT2D eigenvalue weighted by molar-refractivity contribution is 9.10. The summed E-state index contributed by atoms with van der Waals surface area (Å²) < 4.78 is 38.4. The van der Waals surface area contributed by atoms with E-state index in [1.165, 1.54) is 12.5 Å². The summed E-state index contributed by atoms with van der Waals surface area (Å²) in [5.41, 5.74) is -0.798. The maximum absolute atomic E-state index is 12.7. The van der Waals surface area contributed by atoms with Crippen molar-refractivity contribution in [3.8, 4) is 0 Å². The second kappa shape index (κ2) is 7.05. The molecule has 1 saturated heterocycles. The predicted octanol–water partition coefficient (Wildman–Crippen LogP) is 4.48. The molecule has 0 radical (unpaired) electrons. The third-order valence-electron chi connectivity index (χ3n) is 3.30. The van der Waals surface area contributed by atoms with E-state index in [-0.39, 0.29) is 5.56 Å². The highest BCUT2D eigenvalue weighted by atomic mass is 79.9. The Morgan fingerprint density at radius 2 is 2.14 bits per heavy atom. The van der Waals surface area contributed by atoms with Gasteiger partial charge in [-0.15, -0.1) is 0 Å². The highest BCUT2D eigenvalue weighted by Gasteiger charge is 2.31. The second-order valence-corrected chi connectivity index (χ2v) is 7.15. The second-order valence-electron chi connectivity index (χ2n) is 4.89. The van der Waals surface area contributed by atoms with Gasteiger partial charge in [0, 0.05) is 16.3 Å². The van der Waals surface area contributed by atoms with Crippen molar-refractivity contribution in [2.75, 3.05) is 12.3 Å². The Balaban J connectivity index is 2.04. The largest absolute Gasteiger partial charge is 0.416 e. The molecular weight excluding hydrogens is 367 g/mol. The molecule has 116 valence electrons. The number of halogens is 4.